The van der Waals surface area contributed by atoms with E-state index in [1.807, 2.05) is 6.92 Å². The molecule has 0 aliphatic rings. The van der Waals surface area contributed by atoms with Gasteiger partial charge in [0, 0.05) is 11.4 Å². The molecule has 0 saturated heterocycles. The Bertz CT molecular complexity index is 984. The van der Waals surface area contributed by atoms with Crippen LogP contribution in [-0.4, -0.2) is 19.7 Å². The molecule has 0 atom stereocenters. The van der Waals surface area contributed by atoms with E-state index in [0.717, 1.165) is 0 Å². The van der Waals surface area contributed by atoms with Crippen molar-refractivity contribution in [3.63, 3.8) is 0 Å². The van der Waals surface area contributed by atoms with E-state index in [1.54, 1.807) is 12.1 Å². The van der Waals surface area contributed by atoms with E-state index in [2.05, 4.69) is 28.9 Å². The maximum absolute atomic E-state index is 12.6. The van der Waals surface area contributed by atoms with E-state index in [-0.39, 0.29) is 5.56 Å². The Kier molecular flexibility index (Phi) is 5.09. The van der Waals surface area contributed by atoms with Crippen LogP contribution in [0.4, 0.5) is 0 Å². The summed E-state index contributed by atoms with van der Waals surface area (Å²) in [6.07, 6.45) is 1.24. The standard InChI is InChI=1S/C17H17Cl3N4O/c1-4-12-14-16(21-13(5-8(2)3)22-17(14)25)24(23-12)15-10(19)6-9(18)7-11(15)20/h6-8H,4-5H2,1-3H3,(H,21,22,25). The van der Waals surface area contributed by atoms with Crippen molar-refractivity contribution >= 4 is 45.8 Å². The van der Waals surface area contributed by atoms with Crippen molar-refractivity contribution in [3.8, 4) is 5.69 Å². The first kappa shape index (κ1) is 18.2. The molecular formula is C17H17Cl3N4O. The molecule has 132 valence electrons. The number of H-pyrrole nitrogens is 1. The molecule has 0 unspecified atom stereocenters. The van der Waals surface area contributed by atoms with E-state index in [1.165, 1.54) is 4.68 Å². The molecule has 1 N–H and O–H groups in total. The van der Waals surface area contributed by atoms with E-state index in [4.69, 9.17) is 34.8 Å². The second-order valence-electron chi connectivity index (χ2n) is 6.24. The summed E-state index contributed by atoms with van der Waals surface area (Å²) in [5.41, 5.74) is 1.35. The molecule has 0 bridgehead atoms. The molecule has 0 fully saturated rings. The lowest BCUT2D eigenvalue weighted by molar-refractivity contribution is 0.620. The smallest absolute Gasteiger partial charge is 0.262 e. The fourth-order valence-corrected chi connectivity index (χ4v) is 3.74. The third kappa shape index (κ3) is 3.41. The fourth-order valence-electron chi connectivity index (χ4n) is 2.76. The van der Waals surface area contributed by atoms with Gasteiger partial charge in [-0.05, 0) is 24.5 Å². The summed E-state index contributed by atoms with van der Waals surface area (Å²) in [7, 11) is 0. The van der Waals surface area contributed by atoms with Crippen molar-refractivity contribution in [2.75, 3.05) is 0 Å². The van der Waals surface area contributed by atoms with Crippen molar-refractivity contribution < 1.29 is 0 Å². The van der Waals surface area contributed by atoms with Crippen LogP contribution in [0.15, 0.2) is 16.9 Å². The van der Waals surface area contributed by atoms with Gasteiger partial charge in [0.1, 0.15) is 16.9 Å². The van der Waals surface area contributed by atoms with Gasteiger partial charge in [0.2, 0.25) is 0 Å². The first-order valence-corrected chi connectivity index (χ1v) is 9.10. The van der Waals surface area contributed by atoms with Crippen LogP contribution < -0.4 is 5.56 Å². The van der Waals surface area contributed by atoms with Crippen LogP contribution >= 0.6 is 34.8 Å². The Morgan fingerprint density at radius 3 is 2.40 bits per heavy atom. The minimum atomic E-state index is -0.204. The number of rotatable bonds is 4. The van der Waals surface area contributed by atoms with Crippen LogP contribution in [0.5, 0.6) is 0 Å². The lowest BCUT2D eigenvalue weighted by Crippen LogP contribution is -2.14. The van der Waals surface area contributed by atoms with Crippen LogP contribution in [-0.2, 0) is 12.8 Å². The lowest BCUT2D eigenvalue weighted by Gasteiger charge is -2.09. The number of benzene rings is 1. The van der Waals surface area contributed by atoms with Crippen molar-refractivity contribution in [1.29, 1.82) is 0 Å². The van der Waals surface area contributed by atoms with Gasteiger partial charge in [0.15, 0.2) is 5.65 Å². The predicted octanol–water partition coefficient (Wildman–Crippen LogP) is 4.83. The molecule has 0 amide bonds. The van der Waals surface area contributed by atoms with Crippen molar-refractivity contribution in [2.45, 2.75) is 33.6 Å². The molecule has 8 heteroatoms. The molecule has 2 heterocycles. The average Bonchev–Trinajstić information content (AvgIpc) is 2.84. The van der Waals surface area contributed by atoms with Crippen LogP contribution in [0.25, 0.3) is 16.7 Å². The van der Waals surface area contributed by atoms with Crippen molar-refractivity contribution in [1.82, 2.24) is 19.7 Å². The number of aromatic amines is 1. The van der Waals surface area contributed by atoms with Gasteiger partial charge in [0.05, 0.1) is 15.7 Å². The zero-order valence-corrected chi connectivity index (χ0v) is 16.3. The van der Waals surface area contributed by atoms with Crippen LogP contribution in [0.1, 0.15) is 32.3 Å². The largest absolute Gasteiger partial charge is 0.310 e. The molecule has 0 radical (unpaired) electrons. The van der Waals surface area contributed by atoms with Gasteiger partial charge < -0.3 is 4.98 Å². The maximum Gasteiger partial charge on any atom is 0.262 e. The predicted molar refractivity (Wildman–Crippen MR) is 102 cm³/mol. The summed E-state index contributed by atoms with van der Waals surface area (Å²) in [5, 5.41) is 6.11. The monoisotopic (exact) mass is 398 g/mol. The van der Waals surface area contributed by atoms with Gasteiger partial charge >= 0.3 is 0 Å². The lowest BCUT2D eigenvalue weighted by atomic mass is 10.1. The highest BCUT2D eigenvalue weighted by atomic mass is 35.5. The molecule has 0 aliphatic carbocycles. The zero-order chi connectivity index (χ0) is 18.3. The highest BCUT2D eigenvalue weighted by Crippen LogP contribution is 2.33. The van der Waals surface area contributed by atoms with E-state index >= 15 is 0 Å². The first-order chi connectivity index (χ1) is 11.8. The summed E-state index contributed by atoms with van der Waals surface area (Å²) < 4.78 is 1.54. The van der Waals surface area contributed by atoms with Crippen LogP contribution in [0.3, 0.4) is 0 Å². The Labute approximate surface area is 159 Å². The van der Waals surface area contributed by atoms with Crippen molar-refractivity contribution in [3.05, 3.63) is 49.1 Å². The van der Waals surface area contributed by atoms with E-state index in [0.29, 0.717) is 62.1 Å². The SMILES string of the molecule is CCc1nn(-c2c(Cl)cc(Cl)cc2Cl)c2nc(CC(C)C)[nH]c(=O)c12. The number of halogens is 3. The van der Waals surface area contributed by atoms with Gasteiger partial charge in [-0.1, -0.05) is 55.6 Å². The molecule has 0 saturated carbocycles. The summed E-state index contributed by atoms with van der Waals surface area (Å²) in [6, 6.07) is 3.18. The van der Waals surface area contributed by atoms with E-state index in [9.17, 15) is 4.79 Å². The number of fused-ring (bicyclic) bond motifs is 1. The molecule has 25 heavy (non-hydrogen) atoms. The minimum absolute atomic E-state index is 0.204. The highest BCUT2D eigenvalue weighted by Gasteiger charge is 2.20. The topological polar surface area (TPSA) is 63.6 Å². The third-order valence-electron chi connectivity index (χ3n) is 3.79. The number of nitrogens with one attached hydrogen (secondary N) is 1. The zero-order valence-electron chi connectivity index (χ0n) is 14.0. The van der Waals surface area contributed by atoms with Gasteiger partial charge in [-0.3, -0.25) is 4.79 Å². The summed E-state index contributed by atoms with van der Waals surface area (Å²) in [4.78, 5) is 20.1. The number of nitrogens with zero attached hydrogens (tertiary/aromatic N) is 3. The number of aromatic nitrogens is 4. The summed E-state index contributed by atoms with van der Waals surface area (Å²) in [5.74, 6) is 0.961. The Morgan fingerprint density at radius 1 is 1.20 bits per heavy atom. The quantitative estimate of drug-likeness (QED) is 0.683. The number of hydrogen-bond acceptors (Lipinski definition) is 3. The fraction of sp³-hybridized carbons (Fsp3) is 0.353. The molecule has 0 spiro atoms. The number of hydrogen-bond donors (Lipinski definition) is 1. The summed E-state index contributed by atoms with van der Waals surface area (Å²) in [6.45, 7) is 6.05. The first-order valence-electron chi connectivity index (χ1n) is 7.97. The Hall–Kier alpha value is -1.56. The number of aryl methyl sites for hydroxylation is 1. The second-order valence-corrected chi connectivity index (χ2v) is 7.49. The normalized spacial score (nSPS) is 11.6. The molecule has 0 aliphatic heterocycles. The average molecular weight is 400 g/mol. The van der Waals surface area contributed by atoms with Gasteiger partial charge in [-0.2, -0.15) is 5.10 Å². The van der Waals surface area contributed by atoms with Gasteiger partial charge in [-0.25, -0.2) is 9.67 Å². The molecule has 1 aromatic carbocycles. The molecular weight excluding hydrogens is 383 g/mol. The third-order valence-corrected chi connectivity index (χ3v) is 4.58. The van der Waals surface area contributed by atoms with Crippen LogP contribution in [0.2, 0.25) is 15.1 Å². The Balaban J connectivity index is 2.36. The second kappa shape index (κ2) is 6.98. The van der Waals surface area contributed by atoms with E-state index < -0.39 is 0 Å². The molecule has 2 aromatic heterocycles. The molecule has 3 aromatic rings. The highest BCUT2D eigenvalue weighted by molar-refractivity contribution is 6.40. The van der Waals surface area contributed by atoms with Gasteiger partial charge in [-0.15, -0.1) is 0 Å². The van der Waals surface area contributed by atoms with Gasteiger partial charge in [0.25, 0.3) is 5.56 Å². The molecule has 5 nitrogen and oxygen atoms in total. The van der Waals surface area contributed by atoms with Crippen LogP contribution in [0, 0.1) is 5.92 Å². The maximum atomic E-state index is 12.6. The van der Waals surface area contributed by atoms with Crippen molar-refractivity contribution in [2.24, 2.45) is 5.92 Å². The molecule has 3 rings (SSSR count). The minimum Gasteiger partial charge on any atom is -0.310 e. The Morgan fingerprint density at radius 2 is 1.84 bits per heavy atom. The summed E-state index contributed by atoms with van der Waals surface area (Å²) >= 11 is 18.7.